The Hall–Kier alpha value is -2.86. The van der Waals surface area contributed by atoms with Gasteiger partial charge < -0.3 is 19.3 Å². The van der Waals surface area contributed by atoms with Gasteiger partial charge >= 0.3 is 11.9 Å². The maximum Gasteiger partial charge on any atom is 0.306 e. The van der Waals surface area contributed by atoms with E-state index in [0.29, 0.717) is 37.9 Å². The molecule has 0 N–H and O–H groups in total. The lowest BCUT2D eigenvalue weighted by Gasteiger charge is -2.34. The summed E-state index contributed by atoms with van der Waals surface area (Å²) >= 11 is 0. The second kappa shape index (κ2) is 18.1. The fraction of sp³-hybridized carbons (Fsp3) is 0.613. The van der Waals surface area contributed by atoms with Crippen molar-refractivity contribution in [3.8, 4) is 0 Å². The highest BCUT2D eigenvalue weighted by Crippen LogP contribution is 2.35. The van der Waals surface area contributed by atoms with E-state index in [1.54, 1.807) is 45.7 Å². The van der Waals surface area contributed by atoms with Crippen molar-refractivity contribution in [2.24, 2.45) is 9.98 Å². The first-order valence-corrected chi connectivity index (χ1v) is 17.3. The van der Waals surface area contributed by atoms with E-state index in [-0.39, 0.29) is 49.4 Å². The van der Waals surface area contributed by atoms with Crippen molar-refractivity contribution in [1.29, 1.82) is 0 Å². The van der Waals surface area contributed by atoms with E-state index in [4.69, 9.17) is 9.47 Å². The fourth-order valence-corrected chi connectivity index (χ4v) is 7.56. The van der Waals surface area contributed by atoms with E-state index in [2.05, 4.69) is 16.9 Å². The zero-order valence-corrected chi connectivity index (χ0v) is 27.3. The van der Waals surface area contributed by atoms with Gasteiger partial charge in [-0.1, -0.05) is 34.9 Å². The summed E-state index contributed by atoms with van der Waals surface area (Å²) < 4.78 is 11.1. The molecular weight excluding hydrogens is 588 g/mol. The van der Waals surface area contributed by atoms with Crippen molar-refractivity contribution < 1.29 is 28.7 Å². The number of unbranched alkanes of at least 4 members (excludes halogenated alkanes) is 1. The second-order valence-electron chi connectivity index (χ2n) is 10.8. The molecule has 1 saturated carbocycles. The number of fused-ring (bicyclic) bond motifs is 1. The first-order valence-electron chi connectivity index (χ1n) is 15.0. The molecule has 1 aliphatic heterocycles. The van der Waals surface area contributed by atoms with Crippen molar-refractivity contribution in [3.63, 3.8) is 0 Å². The maximum atomic E-state index is 13.0. The first kappa shape index (κ1) is 34.6. The average molecular weight is 633 g/mol. The Balaban J connectivity index is 1.32. The van der Waals surface area contributed by atoms with Gasteiger partial charge in [-0.15, -0.1) is 0 Å². The zero-order chi connectivity index (χ0) is 31.2. The molecule has 0 spiro atoms. The van der Waals surface area contributed by atoms with E-state index < -0.39 is 0 Å². The number of ether oxygens (including phenoxy) is 2. The van der Waals surface area contributed by atoms with Crippen LogP contribution in [-0.4, -0.2) is 79.3 Å². The van der Waals surface area contributed by atoms with Crippen LogP contribution in [0.5, 0.6) is 0 Å². The number of hydrogen-bond acceptors (Lipinski definition) is 10. The molecule has 12 heteroatoms. The Labute approximate surface area is 262 Å². The summed E-state index contributed by atoms with van der Waals surface area (Å²) in [5.41, 5.74) is 1.45. The summed E-state index contributed by atoms with van der Waals surface area (Å²) in [7, 11) is 6.89. The smallest absolute Gasteiger partial charge is 0.306 e. The van der Waals surface area contributed by atoms with E-state index >= 15 is 0 Å². The van der Waals surface area contributed by atoms with Crippen LogP contribution in [0.4, 0.5) is 0 Å². The minimum absolute atomic E-state index is 0.0440. The lowest BCUT2D eigenvalue weighted by atomic mass is 9.91. The van der Waals surface area contributed by atoms with Crippen LogP contribution >= 0.6 is 21.6 Å². The molecule has 236 valence electrons. The van der Waals surface area contributed by atoms with E-state index in [1.165, 1.54) is 4.90 Å². The highest BCUT2D eigenvalue weighted by Gasteiger charge is 2.29. The van der Waals surface area contributed by atoms with Crippen LogP contribution in [0, 0.1) is 0 Å². The Morgan fingerprint density at radius 1 is 1.00 bits per heavy atom. The standard InChI is InChI=1S/C31H44N4O6S2/c1-5-6-18-42-43-28(22(2)34(3)21-36)16-17-40-29(37)8-7-9-30(38)41-25-13-11-24(12-14-25)35(4)31(39)23-10-15-26-27(19-23)33-20-32-26/h10,15,19,21,24-25H,5-9,11-14,16-18,20H2,1-4H3/b28-22-. The molecule has 1 aromatic rings. The molecule has 2 aliphatic rings. The van der Waals surface area contributed by atoms with Crippen LogP contribution < -0.4 is 10.7 Å². The summed E-state index contributed by atoms with van der Waals surface area (Å²) in [5.74, 6) is 0.307. The Morgan fingerprint density at radius 3 is 2.44 bits per heavy atom. The molecular formula is C31H44N4O6S2. The van der Waals surface area contributed by atoms with Crippen LogP contribution in [0.15, 0.2) is 38.8 Å². The van der Waals surface area contributed by atoms with E-state index in [9.17, 15) is 19.2 Å². The fourth-order valence-electron chi connectivity index (χ4n) is 4.85. The van der Waals surface area contributed by atoms with Crippen molar-refractivity contribution in [2.45, 2.75) is 90.2 Å². The maximum absolute atomic E-state index is 13.0. The molecule has 0 atom stereocenters. The lowest BCUT2D eigenvalue weighted by molar-refractivity contribution is -0.151. The highest BCUT2D eigenvalue weighted by molar-refractivity contribution is 8.78. The highest BCUT2D eigenvalue weighted by atomic mass is 33.1. The van der Waals surface area contributed by atoms with Crippen molar-refractivity contribution in [1.82, 2.24) is 9.80 Å². The third-order valence-corrected chi connectivity index (χ3v) is 10.4. The number of amides is 2. The van der Waals surface area contributed by atoms with Crippen LogP contribution in [-0.2, 0) is 23.9 Å². The van der Waals surface area contributed by atoms with E-state index in [0.717, 1.165) is 59.2 Å². The van der Waals surface area contributed by atoms with Gasteiger partial charge in [0, 0.05) is 61.3 Å². The van der Waals surface area contributed by atoms with E-state index in [1.807, 2.05) is 20.0 Å². The predicted molar refractivity (Wildman–Crippen MR) is 169 cm³/mol. The van der Waals surface area contributed by atoms with Crippen molar-refractivity contribution >= 4 is 45.8 Å². The second-order valence-corrected chi connectivity index (χ2v) is 13.3. The number of allylic oxidation sites excluding steroid dienone is 1. The molecule has 0 aromatic heterocycles. The van der Waals surface area contributed by atoms with Gasteiger partial charge in [-0.05, 0) is 63.6 Å². The monoisotopic (exact) mass is 632 g/mol. The summed E-state index contributed by atoms with van der Waals surface area (Å²) in [6.45, 7) is 4.67. The molecule has 3 rings (SSSR count). The Bertz CT molecular complexity index is 1280. The quantitative estimate of drug-likeness (QED) is 0.107. The van der Waals surface area contributed by atoms with Gasteiger partial charge in [0.2, 0.25) is 6.41 Å². The molecule has 1 heterocycles. The summed E-state index contributed by atoms with van der Waals surface area (Å²) in [6, 6.07) is 5.51. The number of esters is 2. The molecule has 1 fully saturated rings. The number of carbonyl (C=O) groups is 4. The molecule has 10 nitrogen and oxygen atoms in total. The molecule has 0 saturated heterocycles. The summed E-state index contributed by atoms with van der Waals surface area (Å²) in [5, 5.41) is 1.58. The van der Waals surface area contributed by atoms with Gasteiger partial charge in [-0.2, -0.15) is 0 Å². The minimum atomic E-state index is -0.350. The molecule has 0 radical (unpaired) electrons. The van der Waals surface area contributed by atoms with Crippen LogP contribution in [0.25, 0.3) is 0 Å². The SMILES string of the molecule is CCCCSS/C(CCOC(=O)CCCC(=O)OC1CCC(N(C)C(=O)c2ccc3c(c2)=NCN=3)CC1)=C(/C)N(C)C=O. The number of carbonyl (C=O) groups excluding carboxylic acids is 4. The van der Waals surface area contributed by atoms with Gasteiger partial charge in [0.1, 0.15) is 12.8 Å². The first-order chi connectivity index (χ1) is 20.7. The Morgan fingerprint density at radius 2 is 1.72 bits per heavy atom. The third-order valence-electron chi connectivity index (χ3n) is 7.70. The molecule has 0 unspecified atom stereocenters. The van der Waals surface area contributed by atoms with Gasteiger partial charge in [0.25, 0.3) is 5.91 Å². The van der Waals surface area contributed by atoms with Gasteiger partial charge in [-0.25, -0.2) is 0 Å². The van der Waals surface area contributed by atoms with Crippen molar-refractivity contribution in [3.05, 3.63) is 45.1 Å². The lowest BCUT2D eigenvalue weighted by Crippen LogP contribution is -2.41. The van der Waals surface area contributed by atoms with Gasteiger partial charge in [0.05, 0.1) is 17.3 Å². The van der Waals surface area contributed by atoms with Crippen LogP contribution in [0.1, 0.15) is 88.4 Å². The van der Waals surface area contributed by atoms with Crippen LogP contribution in [0.2, 0.25) is 0 Å². The number of nitrogens with zero attached hydrogens (tertiary/aromatic N) is 4. The molecule has 43 heavy (non-hydrogen) atoms. The Kier molecular flexibility index (Phi) is 14.5. The number of benzene rings is 1. The van der Waals surface area contributed by atoms with Crippen molar-refractivity contribution in [2.75, 3.05) is 33.1 Å². The number of rotatable bonds is 17. The predicted octanol–water partition coefficient (Wildman–Crippen LogP) is 4.43. The third kappa shape index (κ3) is 11.0. The minimum Gasteiger partial charge on any atom is -0.465 e. The topological polar surface area (TPSA) is 118 Å². The average Bonchev–Trinajstić information content (AvgIpc) is 3.49. The number of hydrogen-bond donors (Lipinski definition) is 0. The van der Waals surface area contributed by atoms with Crippen LogP contribution in [0.3, 0.4) is 0 Å². The molecule has 0 bridgehead atoms. The van der Waals surface area contributed by atoms with Gasteiger partial charge in [0.15, 0.2) is 0 Å². The summed E-state index contributed by atoms with van der Waals surface area (Å²) in [4.78, 5) is 61.8. The zero-order valence-electron chi connectivity index (χ0n) is 25.7. The molecule has 1 aromatic carbocycles. The normalized spacial score (nSPS) is 18.0. The van der Waals surface area contributed by atoms with Gasteiger partial charge in [-0.3, -0.25) is 29.2 Å². The molecule has 2 amide bonds. The largest absolute Gasteiger partial charge is 0.465 e. The summed E-state index contributed by atoms with van der Waals surface area (Å²) in [6.07, 6.45) is 6.92. The molecule has 1 aliphatic carbocycles.